The van der Waals surface area contributed by atoms with Crippen LogP contribution in [-0.2, 0) is 22.6 Å². The van der Waals surface area contributed by atoms with Gasteiger partial charge in [0.2, 0.25) is 5.91 Å². The SMILES string of the molecule is Cc1cccc(CN(C(=O)COc2cc(C)ccc2C)C(Cc2ccccc2)C(=O)NCC(C)C)c1. The Balaban J connectivity index is 1.92. The molecular weight excluding hydrogens is 448 g/mol. The number of hydrogen-bond acceptors (Lipinski definition) is 3. The summed E-state index contributed by atoms with van der Waals surface area (Å²) in [5.74, 6) is 0.612. The normalized spacial score (nSPS) is 11.7. The average molecular weight is 487 g/mol. The fraction of sp³-hybridized carbons (Fsp3) is 0.355. The van der Waals surface area contributed by atoms with Gasteiger partial charge in [0.25, 0.3) is 5.91 Å². The zero-order valence-corrected chi connectivity index (χ0v) is 22.1. The van der Waals surface area contributed by atoms with Gasteiger partial charge in [-0.15, -0.1) is 0 Å². The Hall–Kier alpha value is -3.60. The molecule has 190 valence electrons. The molecule has 1 unspecified atom stereocenters. The summed E-state index contributed by atoms with van der Waals surface area (Å²) in [6.45, 7) is 10.8. The third-order valence-electron chi connectivity index (χ3n) is 6.09. The van der Waals surface area contributed by atoms with E-state index in [0.29, 0.717) is 31.2 Å². The van der Waals surface area contributed by atoms with Crippen LogP contribution >= 0.6 is 0 Å². The maximum Gasteiger partial charge on any atom is 0.261 e. The molecule has 2 amide bonds. The number of nitrogens with zero attached hydrogens (tertiary/aromatic N) is 1. The van der Waals surface area contributed by atoms with E-state index in [2.05, 4.69) is 25.2 Å². The third-order valence-corrected chi connectivity index (χ3v) is 6.09. The Morgan fingerprint density at radius 1 is 0.861 bits per heavy atom. The van der Waals surface area contributed by atoms with E-state index in [0.717, 1.165) is 27.8 Å². The van der Waals surface area contributed by atoms with E-state index >= 15 is 0 Å². The minimum Gasteiger partial charge on any atom is -0.483 e. The molecule has 0 aliphatic heterocycles. The van der Waals surface area contributed by atoms with E-state index in [1.54, 1.807) is 4.90 Å². The number of rotatable bonds is 11. The highest BCUT2D eigenvalue weighted by atomic mass is 16.5. The van der Waals surface area contributed by atoms with Crippen LogP contribution in [0.4, 0.5) is 0 Å². The summed E-state index contributed by atoms with van der Waals surface area (Å²) in [7, 11) is 0. The van der Waals surface area contributed by atoms with Gasteiger partial charge in [-0.1, -0.05) is 86.1 Å². The Kier molecular flexibility index (Phi) is 9.69. The van der Waals surface area contributed by atoms with Crippen molar-refractivity contribution in [3.05, 3.63) is 101 Å². The fourth-order valence-corrected chi connectivity index (χ4v) is 4.07. The molecule has 0 aliphatic carbocycles. The molecule has 1 atom stereocenters. The van der Waals surface area contributed by atoms with Crippen LogP contribution in [0.15, 0.2) is 72.8 Å². The molecule has 0 heterocycles. The summed E-state index contributed by atoms with van der Waals surface area (Å²) < 4.78 is 5.98. The molecule has 0 aromatic heterocycles. The van der Waals surface area contributed by atoms with Gasteiger partial charge in [-0.25, -0.2) is 0 Å². The molecule has 3 aromatic carbocycles. The Morgan fingerprint density at radius 2 is 1.56 bits per heavy atom. The number of aryl methyl sites for hydroxylation is 3. The van der Waals surface area contributed by atoms with E-state index in [1.165, 1.54) is 0 Å². The molecule has 0 fully saturated rings. The monoisotopic (exact) mass is 486 g/mol. The molecule has 0 radical (unpaired) electrons. The van der Waals surface area contributed by atoms with Crippen molar-refractivity contribution >= 4 is 11.8 Å². The lowest BCUT2D eigenvalue weighted by Crippen LogP contribution is -2.52. The van der Waals surface area contributed by atoms with Crippen LogP contribution in [0.5, 0.6) is 5.75 Å². The van der Waals surface area contributed by atoms with Crippen LogP contribution in [0.2, 0.25) is 0 Å². The molecule has 5 heteroatoms. The minimum atomic E-state index is -0.665. The second kappa shape index (κ2) is 12.9. The largest absolute Gasteiger partial charge is 0.483 e. The van der Waals surface area contributed by atoms with E-state index in [-0.39, 0.29) is 18.4 Å². The fourth-order valence-electron chi connectivity index (χ4n) is 4.07. The molecule has 0 bridgehead atoms. The summed E-state index contributed by atoms with van der Waals surface area (Å²) in [6.07, 6.45) is 0.422. The zero-order chi connectivity index (χ0) is 26.1. The quantitative estimate of drug-likeness (QED) is 0.395. The summed E-state index contributed by atoms with van der Waals surface area (Å²) >= 11 is 0. The van der Waals surface area contributed by atoms with Crippen LogP contribution in [-0.4, -0.2) is 35.9 Å². The smallest absolute Gasteiger partial charge is 0.261 e. The van der Waals surface area contributed by atoms with E-state index in [1.807, 2.05) is 87.5 Å². The zero-order valence-electron chi connectivity index (χ0n) is 22.1. The highest BCUT2D eigenvalue weighted by molar-refractivity contribution is 5.88. The second-order valence-corrected chi connectivity index (χ2v) is 9.91. The highest BCUT2D eigenvalue weighted by Crippen LogP contribution is 2.20. The maximum atomic E-state index is 13.7. The highest BCUT2D eigenvalue weighted by Gasteiger charge is 2.30. The van der Waals surface area contributed by atoms with Crippen molar-refractivity contribution in [3.63, 3.8) is 0 Å². The van der Waals surface area contributed by atoms with Crippen molar-refractivity contribution < 1.29 is 14.3 Å². The van der Waals surface area contributed by atoms with Crippen molar-refractivity contribution in [2.24, 2.45) is 5.92 Å². The van der Waals surface area contributed by atoms with Crippen LogP contribution in [0.3, 0.4) is 0 Å². The first-order valence-corrected chi connectivity index (χ1v) is 12.6. The minimum absolute atomic E-state index is 0.140. The van der Waals surface area contributed by atoms with Crippen LogP contribution in [0, 0.1) is 26.7 Å². The van der Waals surface area contributed by atoms with Crippen molar-refractivity contribution in [2.75, 3.05) is 13.2 Å². The standard InChI is InChI=1S/C31H38N2O3/c1-22(2)19-32-31(35)28(18-26-11-7-6-8-12-26)33(20-27-13-9-10-23(3)16-27)30(34)21-36-29-17-24(4)14-15-25(29)5/h6-17,22,28H,18-21H2,1-5H3,(H,32,35). The summed E-state index contributed by atoms with van der Waals surface area (Å²) in [5.41, 5.74) is 5.11. The number of hydrogen-bond donors (Lipinski definition) is 1. The van der Waals surface area contributed by atoms with E-state index in [9.17, 15) is 9.59 Å². The molecule has 3 aromatic rings. The first-order valence-electron chi connectivity index (χ1n) is 12.6. The van der Waals surface area contributed by atoms with Crippen LogP contribution < -0.4 is 10.1 Å². The van der Waals surface area contributed by atoms with Gasteiger partial charge < -0.3 is 15.0 Å². The number of benzene rings is 3. The number of carbonyl (C=O) groups excluding carboxylic acids is 2. The lowest BCUT2D eigenvalue weighted by Gasteiger charge is -2.32. The number of ether oxygens (including phenoxy) is 1. The van der Waals surface area contributed by atoms with Gasteiger partial charge in [0.05, 0.1) is 0 Å². The van der Waals surface area contributed by atoms with Gasteiger partial charge in [0.1, 0.15) is 11.8 Å². The number of carbonyl (C=O) groups is 2. The van der Waals surface area contributed by atoms with Crippen LogP contribution in [0.1, 0.15) is 41.7 Å². The Morgan fingerprint density at radius 3 is 2.25 bits per heavy atom. The van der Waals surface area contributed by atoms with Gasteiger partial charge in [-0.3, -0.25) is 9.59 Å². The number of amides is 2. The van der Waals surface area contributed by atoms with Gasteiger partial charge >= 0.3 is 0 Å². The summed E-state index contributed by atoms with van der Waals surface area (Å²) in [4.78, 5) is 28.8. The third kappa shape index (κ3) is 7.98. The predicted octanol–water partition coefficient (Wildman–Crippen LogP) is 5.40. The van der Waals surface area contributed by atoms with Gasteiger partial charge in [0, 0.05) is 19.5 Å². The lowest BCUT2D eigenvalue weighted by atomic mass is 10.0. The maximum absolute atomic E-state index is 13.7. The summed E-state index contributed by atoms with van der Waals surface area (Å²) in [5, 5.41) is 3.05. The second-order valence-electron chi connectivity index (χ2n) is 9.91. The molecule has 0 aliphatic rings. The van der Waals surface area contributed by atoms with Crippen molar-refractivity contribution in [1.29, 1.82) is 0 Å². The van der Waals surface area contributed by atoms with Crippen LogP contribution in [0.25, 0.3) is 0 Å². The molecule has 1 N–H and O–H groups in total. The van der Waals surface area contributed by atoms with E-state index < -0.39 is 6.04 Å². The molecular formula is C31H38N2O3. The summed E-state index contributed by atoms with van der Waals surface area (Å²) in [6, 6.07) is 23.2. The molecule has 0 spiro atoms. The predicted molar refractivity (Wildman–Crippen MR) is 145 cm³/mol. The Bertz CT molecular complexity index is 1160. The molecule has 5 nitrogen and oxygen atoms in total. The van der Waals surface area contributed by atoms with Gasteiger partial charge in [-0.05, 0) is 55.0 Å². The van der Waals surface area contributed by atoms with Crippen molar-refractivity contribution in [1.82, 2.24) is 10.2 Å². The lowest BCUT2D eigenvalue weighted by molar-refractivity contribution is -0.142. The van der Waals surface area contributed by atoms with E-state index in [4.69, 9.17) is 4.74 Å². The number of nitrogens with one attached hydrogen (secondary N) is 1. The van der Waals surface area contributed by atoms with Crippen molar-refractivity contribution in [2.45, 2.75) is 53.6 Å². The molecule has 36 heavy (non-hydrogen) atoms. The van der Waals surface area contributed by atoms with Gasteiger partial charge in [-0.2, -0.15) is 0 Å². The topological polar surface area (TPSA) is 58.6 Å². The van der Waals surface area contributed by atoms with Crippen molar-refractivity contribution in [3.8, 4) is 5.75 Å². The molecule has 3 rings (SSSR count). The average Bonchev–Trinajstić information content (AvgIpc) is 2.85. The molecule has 0 saturated carbocycles. The molecule has 0 saturated heterocycles. The van der Waals surface area contributed by atoms with Gasteiger partial charge in [0.15, 0.2) is 6.61 Å². The first-order chi connectivity index (χ1) is 17.2. The Labute approximate surface area is 215 Å². The first kappa shape index (κ1) is 27.0.